The topological polar surface area (TPSA) is 35.2 Å². The Labute approximate surface area is 120 Å². The molecule has 2 nitrogen and oxygen atoms in total. The first-order chi connectivity index (χ1) is 9.76. The van der Waals surface area contributed by atoms with Crippen LogP contribution in [0, 0.1) is 0 Å². The Kier molecular flexibility index (Phi) is 4.83. The molecular weight excluding hydrogens is 246 g/mol. The Morgan fingerprint density at radius 3 is 2.15 bits per heavy atom. The van der Waals surface area contributed by atoms with E-state index in [1.54, 1.807) is 7.11 Å². The second-order valence-electron chi connectivity index (χ2n) is 4.75. The van der Waals surface area contributed by atoms with Crippen LogP contribution >= 0.6 is 0 Å². The van der Waals surface area contributed by atoms with Crippen molar-refractivity contribution in [1.82, 2.24) is 0 Å². The molecule has 0 fully saturated rings. The van der Waals surface area contributed by atoms with Gasteiger partial charge in [0.1, 0.15) is 5.76 Å². The maximum atomic E-state index is 5.77. The van der Waals surface area contributed by atoms with E-state index in [2.05, 4.69) is 31.2 Å². The van der Waals surface area contributed by atoms with Crippen LogP contribution in [0.25, 0.3) is 11.3 Å². The van der Waals surface area contributed by atoms with E-state index >= 15 is 0 Å². The number of ether oxygens (including phenoxy) is 1. The van der Waals surface area contributed by atoms with Crippen molar-refractivity contribution < 1.29 is 4.74 Å². The molecule has 2 aromatic carbocycles. The van der Waals surface area contributed by atoms with Crippen molar-refractivity contribution in [1.29, 1.82) is 0 Å². The van der Waals surface area contributed by atoms with Gasteiger partial charge in [-0.05, 0) is 24.1 Å². The lowest BCUT2D eigenvalue weighted by Crippen LogP contribution is -1.96. The van der Waals surface area contributed by atoms with Gasteiger partial charge in [0.15, 0.2) is 0 Å². The lowest BCUT2D eigenvalue weighted by molar-refractivity contribution is 0.370. The second kappa shape index (κ2) is 6.80. The van der Waals surface area contributed by atoms with Crippen molar-refractivity contribution in [3.63, 3.8) is 0 Å². The molecule has 0 saturated heterocycles. The molecule has 2 heteroatoms. The van der Waals surface area contributed by atoms with Gasteiger partial charge in [-0.3, -0.25) is 0 Å². The summed E-state index contributed by atoms with van der Waals surface area (Å²) in [6.07, 6.45) is 2.04. The van der Waals surface area contributed by atoms with Gasteiger partial charge in [-0.25, -0.2) is 0 Å². The van der Waals surface area contributed by atoms with E-state index in [4.69, 9.17) is 10.5 Å². The fraction of sp³-hybridized carbons (Fsp3) is 0.222. The first-order valence-electron chi connectivity index (χ1n) is 6.94. The smallest absolute Gasteiger partial charge is 0.129 e. The highest BCUT2D eigenvalue weighted by Crippen LogP contribution is 2.30. The predicted octanol–water partition coefficient (Wildman–Crippen LogP) is 4.58. The molecular formula is C18H21NO. The average Bonchev–Trinajstić information content (AvgIpc) is 2.49. The maximum absolute atomic E-state index is 5.77. The highest BCUT2D eigenvalue weighted by Gasteiger charge is 2.11. The fourth-order valence-electron chi connectivity index (χ4n) is 2.33. The lowest BCUT2D eigenvalue weighted by atomic mass is 9.97. The van der Waals surface area contributed by atoms with Gasteiger partial charge in [0.2, 0.25) is 0 Å². The van der Waals surface area contributed by atoms with Gasteiger partial charge in [0, 0.05) is 16.8 Å². The molecule has 2 N–H and O–H groups in total. The largest absolute Gasteiger partial charge is 0.496 e. The Morgan fingerprint density at radius 2 is 1.60 bits per heavy atom. The van der Waals surface area contributed by atoms with E-state index in [0.717, 1.165) is 29.9 Å². The summed E-state index contributed by atoms with van der Waals surface area (Å²) in [5.41, 5.74) is 10.1. The van der Waals surface area contributed by atoms with Crippen molar-refractivity contribution in [2.24, 2.45) is 0 Å². The second-order valence-corrected chi connectivity index (χ2v) is 4.75. The summed E-state index contributed by atoms with van der Waals surface area (Å²) >= 11 is 0. The molecule has 0 radical (unpaired) electrons. The van der Waals surface area contributed by atoms with Gasteiger partial charge < -0.3 is 10.5 Å². The summed E-state index contributed by atoms with van der Waals surface area (Å²) in [6.45, 7) is 2.18. The first kappa shape index (κ1) is 14.2. The molecule has 0 aliphatic rings. The monoisotopic (exact) mass is 267 g/mol. The molecule has 0 unspecified atom stereocenters. The van der Waals surface area contributed by atoms with Gasteiger partial charge in [0.05, 0.1) is 7.11 Å². The van der Waals surface area contributed by atoms with Gasteiger partial charge in [0.25, 0.3) is 0 Å². The first-order valence-corrected chi connectivity index (χ1v) is 6.94. The number of hydrogen-bond acceptors (Lipinski definition) is 2. The van der Waals surface area contributed by atoms with E-state index < -0.39 is 0 Å². The van der Waals surface area contributed by atoms with Gasteiger partial charge >= 0.3 is 0 Å². The Balaban J connectivity index is 2.53. The quantitative estimate of drug-likeness (QED) is 0.489. The molecule has 2 aromatic rings. The molecule has 104 valence electrons. The molecule has 0 amide bonds. The molecule has 0 heterocycles. The number of allylic oxidation sites excluding steroid dienone is 1. The van der Waals surface area contributed by atoms with Crippen LogP contribution in [0.4, 0.5) is 5.69 Å². The van der Waals surface area contributed by atoms with Gasteiger partial charge in [-0.15, -0.1) is 0 Å². The summed E-state index contributed by atoms with van der Waals surface area (Å²) < 4.78 is 5.68. The molecule has 0 bridgehead atoms. The SMILES string of the molecule is CCCC(=C(OC)c1ccccc1)c1ccc(N)cc1. The van der Waals surface area contributed by atoms with Crippen molar-refractivity contribution in [2.75, 3.05) is 12.8 Å². The number of hydrogen-bond donors (Lipinski definition) is 1. The minimum atomic E-state index is 0.781. The number of methoxy groups -OCH3 is 1. The van der Waals surface area contributed by atoms with Crippen molar-refractivity contribution in [2.45, 2.75) is 19.8 Å². The number of benzene rings is 2. The number of nitrogens with two attached hydrogens (primary N) is 1. The van der Waals surface area contributed by atoms with Crippen LogP contribution in [0.2, 0.25) is 0 Å². The fourth-order valence-corrected chi connectivity index (χ4v) is 2.33. The maximum Gasteiger partial charge on any atom is 0.129 e. The third kappa shape index (κ3) is 3.21. The van der Waals surface area contributed by atoms with E-state index in [1.165, 1.54) is 11.1 Å². The Morgan fingerprint density at radius 1 is 0.950 bits per heavy atom. The Bertz CT molecular complexity index is 570. The van der Waals surface area contributed by atoms with Crippen LogP contribution in [0.3, 0.4) is 0 Å². The summed E-state index contributed by atoms with van der Waals surface area (Å²) in [4.78, 5) is 0. The average molecular weight is 267 g/mol. The van der Waals surface area contributed by atoms with Crippen LogP contribution in [0.15, 0.2) is 54.6 Å². The van der Waals surface area contributed by atoms with Crippen molar-refractivity contribution >= 4 is 17.0 Å². The predicted molar refractivity (Wildman–Crippen MR) is 86.0 cm³/mol. The summed E-state index contributed by atoms with van der Waals surface area (Å²) in [5, 5.41) is 0. The molecule has 0 spiro atoms. The van der Waals surface area contributed by atoms with E-state index in [9.17, 15) is 0 Å². The molecule has 0 atom stereocenters. The number of rotatable bonds is 5. The zero-order chi connectivity index (χ0) is 14.4. The molecule has 0 aliphatic carbocycles. The van der Waals surface area contributed by atoms with Crippen molar-refractivity contribution in [3.8, 4) is 0 Å². The van der Waals surface area contributed by atoms with Gasteiger partial charge in [-0.2, -0.15) is 0 Å². The summed E-state index contributed by atoms with van der Waals surface area (Å²) in [7, 11) is 1.73. The molecule has 0 aromatic heterocycles. The summed E-state index contributed by atoms with van der Waals surface area (Å²) in [5.74, 6) is 0.942. The molecule has 0 aliphatic heterocycles. The highest BCUT2D eigenvalue weighted by atomic mass is 16.5. The van der Waals surface area contributed by atoms with Crippen LogP contribution in [0.1, 0.15) is 30.9 Å². The van der Waals surface area contributed by atoms with Crippen LogP contribution < -0.4 is 5.73 Å². The number of anilines is 1. The Hall–Kier alpha value is -2.22. The van der Waals surface area contributed by atoms with Crippen LogP contribution in [-0.4, -0.2) is 7.11 Å². The van der Waals surface area contributed by atoms with Crippen LogP contribution in [-0.2, 0) is 4.74 Å². The molecule has 2 rings (SSSR count). The lowest BCUT2D eigenvalue weighted by Gasteiger charge is -2.15. The minimum Gasteiger partial charge on any atom is -0.496 e. The van der Waals surface area contributed by atoms with Gasteiger partial charge in [-0.1, -0.05) is 55.8 Å². The van der Waals surface area contributed by atoms with Crippen LogP contribution in [0.5, 0.6) is 0 Å². The third-order valence-corrected chi connectivity index (χ3v) is 3.27. The van der Waals surface area contributed by atoms with E-state index in [0.29, 0.717) is 0 Å². The highest BCUT2D eigenvalue weighted by molar-refractivity contribution is 5.87. The summed E-state index contributed by atoms with van der Waals surface area (Å²) in [6, 6.07) is 18.2. The third-order valence-electron chi connectivity index (χ3n) is 3.27. The van der Waals surface area contributed by atoms with E-state index in [-0.39, 0.29) is 0 Å². The molecule has 0 saturated carbocycles. The standard InChI is InChI=1S/C18H21NO/c1-3-7-17(14-10-12-16(19)13-11-14)18(20-2)15-8-5-4-6-9-15/h4-6,8-13H,3,7,19H2,1-2H3. The zero-order valence-electron chi connectivity index (χ0n) is 12.1. The van der Waals surface area contributed by atoms with Crippen molar-refractivity contribution in [3.05, 3.63) is 65.7 Å². The zero-order valence-corrected chi connectivity index (χ0v) is 12.1. The normalized spacial score (nSPS) is 11.9. The number of nitrogen functional groups attached to an aromatic ring is 1. The minimum absolute atomic E-state index is 0.781. The molecule has 20 heavy (non-hydrogen) atoms. The van der Waals surface area contributed by atoms with E-state index in [1.807, 2.05) is 30.3 Å².